The number of alkyl carbamates (subject to hydrolysis) is 1. The largest absolute Gasteiger partial charge is 0.439 e. The minimum absolute atomic E-state index is 0.284. The predicted octanol–water partition coefficient (Wildman–Crippen LogP) is 1.21. The molecule has 0 saturated carbocycles. The van der Waals surface area contributed by atoms with Crippen molar-refractivity contribution in [2.75, 3.05) is 57.8 Å². The van der Waals surface area contributed by atoms with Gasteiger partial charge in [-0.2, -0.15) is 5.26 Å². The quantitative estimate of drug-likeness (QED) is 0.690. The first kappa shape index (κ1) is 22.1. The van der Waals surface area contributed by atoms with E-state index in [0.29, 0.717) is 18.7 Å². The van der Waals surface area contributed by atoms with Crippen LogP contribution in [0.1, 0.15) is 5.56 Å². The topological polar surface area (TPSA) is 111 Å². The molecule has 9 nitrogen and oxygen atoms in total. The molecule has 0 bridgehead atoms. The molecule has 9 heteroatoms. The van der Waals surface area contributed by atoms with Crippen LogP contribution < -0.4 is 15.5 Å². The van der Waals surface area contributed by atoms with Crippen molar-refractivity contribution in [1.29, 1.82) is 5.26 Å². The molecule has 2 amide bonds. The lowest BCUT2D eigenvalue weighted by Gasteiger charge is -2.35. The molecule has 0 radical (unpaired) electrons. The first-order chi connectivity index (χ1) is 15.1. The predicted molar refractivity (Wildman–Crippen MR) is 116 cm³/mol. The molecule has 1 aromatic heterocycles. The number of anilines is 1. The summed E-state index contributed by atoms with van der Waals surface area (Å²) in [4.78, 5) is 31.9. The normalized spacial score (nSPS) is 13.9. The average molecular weight is 422 g/mol. The van der Waals surface area contributed by atoms with E-state index in [1.165, 1.54) is 7.05 Å². The maximum absolute atomic E-state index is 11.6. The number of rotatable bonds is 7. The molecule has 0 aliphatic carbocycles. The van der Waals surface area contributed by atoms with Gasteiger partial charge in [-0.1, -0.05) is 18.2 Å². The van der Waals surface area contributed by atoms with E-state index < -0.39 is 6.09 Å². The summed E-state index contributed by atoms with van der Waals surface area (Å²) in [5, 5.41) is 14.2. The Bertz CT molecular complexity index is 950. The molecule has 0 unspecified atom stereocenters. The molecule has 31 heavy (non-hydrogen) atoms. The molecular formula is C22H26N6O3. The first-order valence-corrected chi connectivity index (χ1v) is 10.1. The number of aromatic nitrogens is 1. The fraction of sp³-hybridized carbons (Fsp3) is 0.364. The first-order valence-electron chi connectivity index (χ1n) is 10.1. The van der Waals surface area contributed by atoms with E-state index in [4.69, 9.17) is 15.0 Å². The lowest BCUT2D eigenvalue weighted by molar-refractivity contribution is -0.123. The number of nitrogens with one attached hydrogen (secondary N) is 2. The van der Waals surface area contributed by atoms with Crippen LogP contribution in [0, 0.1) is 11.3 Å². The summed E-state index contributed by atoms with van der Waals surface area (Å²) in [6.07, 6.45) is -0.594. The average Bonchev–Trinajstić information content (AvgIpc) is 2.83. The van der Waals surface area contributed by atoms with Crippen LogP contribution in [0.4, 0.5) is 10.6 Å². The van der Waals surface area contributed by atoms with E-state index in [-0.39, 0.29) is 12.5 Å². The minimum Gasteiger partial charge on any atom is -0.439 e. The zero-order valence-electron chi connectivity index (χ0n) is 17.5. The second kappa shape index (κ2) is 10.9. The molecule has 2 heterocycles. The number of nitriles is 1. The third-order valence-corrected chi connectivity index (χ3v) is 5.03. The van der Waals surface area contributed by atoms with Crippen molar-refractivity contribution in [3.63, 3.8) is 0 Å². The minimum atomic E-state index is -0.594. The van der Waals surface area contributed by atoms with E-state index >= 15 is 0 Å². The van der Waals surface area contributed by atoms with Crippen molar-refractivity contribution in [2.24, 2.45) is 0 Å². The van der Waals surface area contributed by atoms with Crippen molar-refractivity contribution in [2.45, 2.75) is 0 Å². The van der Waals surface area contributed by atoms with Gasteiger partial charge < -0.3 is 20.3 Å². The fourth-order valence-corrected chi connectivity index (χ4v) is 3.28. The SMILES string of the molecule is CNC(=O)COC(=O)NCCN1CCN(c2cccc(-c3cccc(C#N)c3)n2)CC1. The Kier molecular flexibility index (Phi) is 7.79. The van der Waals surface area contributed by atoms with Gasteiger partial charge in [-0.05, 0) is 24.3 Å². The van der Waals surface area contributed by atoms with Gasteiger partial charge in [0.15, 0.2) is 6.61 Å². The van der Waals surface area contributed by atoms with Crippen LogP contribution in [0.2, 0.25) is 0 Å². The Hall–Kier alpha value is -3.64. The van der Waals surface area contributed by atoms with Gasteiger partial charge in [-0.25, -0.2) is 9.78 Å². The maximum Gasteiger partial charge on any atom is 0.407 e. The number of amides is 2. The highest BCUT2D eigenvalue weighted by molar-refractivity contribution is 5.79. The summed E-state index contributed by atoms with van der Waals surface area (Å²) >= 11 is 0. The van der Waals surface area contributed by atoms with Gasteiger partial charge in [0, 0.05) is 51.9 Å². The van der Waals surface area contributed by atoms with Gasteiger partial charge in [0.25, 0.3) is 5.91 Å². The highest BCUT2D eigenvalue weighted by atomic mass is 16.6. The van der Waals surface area contributed by atoms with Crippen molar-refractivity contribution in [1.82, 2.24) is 20.5 Å². The summed E-state index contributed by atoms with van der Waals surface area (Å²) < 4.78 is 4.81. The van der Waals surface area contributed by atoms with Crippen LogP contribution in [0.15, 0.2) is 42.5 Å². The lowest BCUT2D eigenvalue weighted by Crippen LogP contribution is -2.48. The van der Waals surface area contributed by atoms with Crippen LogP contribution in [-0.4, -0.2) is 74.8 Å². The third-order valence-electron chi connectivity index (χ3n) is 5.03. The van der Waals surface area contributed by atoms with Crippen LogP contribution in [0.3, 0.4) is 0 Å². The Morgan fingerprint density at radius 1 is 1.16 bits per heavy atom. The third kappa shape index (κ3) is 6.42. The summed E-state index contributed by atoms with van der Waals surface area (Å²) in [7, 11) is 1.49. The number of piperazine rings is 1. The molecule has 0 atom stereocenters. The number of likely N-dealkylation sites (N-methyl/N-ethyl adjacent to an activating group) is 1. The van der Waals surface area contributed by atoms with Gasteiger partial charge in [0.1, 0.15) is 5.82 Å². The number of carbonyl (C=O) groups excluding carboxylic acids is 2. The number of ether oxygens (including phenoxy) is 1. The van der Waals surface area contributed by atoms with Crippen molar-refractivity contribution in [3.05, 3.63) is 48.0 Å². The molecular weight excluding hydrogens is 396 g/mol. The second-order valence-corrected chi connectivity index (χ2v) is 7.08. The number of carbonyl (C=O) groups is 2. The number of hydrogen-bond acceptors (Lipinski definition) is 7. The van der Waals surface area contributed by atoms with Gasteiger partial charge in [-0.3, -0.25) is 9.69 Å². The molecule has 1 saturated heterocycles. The summed E-state index contributed by atoms with van der Waals surface area (Å²) in [6.45, 7) is 4.24. The van der Waals surface area contributed by atoms with E-state index in [2.05, 4.69) is 26.5 Å². The number of hydrogen-bond donors (Lipinski definition) is 2. The Balaban J connectivity index is 1.46. The molecule has 162 valence electrons. The van der Waals surface area contributed by atoms with Gasteiger partial charge in [-0.15, -0.1) is 0 Å². The van der Waals surface area contributed by atoms with Gasteiger partial charge >= 0.3 is 6.09 Å². The number of nitrogens with zero attached hydrogens (tertiary/aromatic N) is 4. The highest BCUT2D eigenvalue weighted by Crippen LogP contribution is 2.22. The smallest absolute Gasteiger partial charge is 0.407 e. The summed E-state index contributed by atoms with van der Waals surface area (Å²) in [6, 6.07) is 15.5. The zero-order chi connectivity index (χ0) is 22.1. The second-order valence-electron chi connectivity index (χ2n) is 7.08. The lowest BCUT2D eigenvalue weighted by atomic mass is 10.1. The molecule has 0 spiro atoms. The number of benzene rings is 1. The Labute approximate surface area is 181 Å². The number of pyridine rings is 1. The van der Waals surface area contributed by atoms with E-state index in [9.17, 15) is 9.59 Å². The molecule has 2 N–H and O–H groups in total. The molecule has 1 fully saturated rings. The molecule has 3 rings (SSSR count). The van der Waals surface area contributed by atoms with Crippen molar-refractivity contribution in [3.8, 4) is 17.3 Å². The van der Waals surface area contributed by atoms with Crippen molar-refractivity contribution >= 4 is 17.8 Å². The molecule has 1 aliphatic heterocycles. The van der Waals surface area contributed by atoms with Crippen LogP contribution in [-0.2, 0) is 9.53 Å². The fourth-order valence-electron chi connectivity index (χ4n) is 3.28. The van der Waals surface area contributed by atoms with Crippen LogP contribution >= 0.6 is 0 Å². The Morgan fingerprint density at radius 3 is 2.68 bits per heavy atom. The van der Waals surface area contributed by atoms with E-state index in [0.717, 1.165) is 43.3 Å². The van der Waals surface area contributed by atoms with E-state index in [1.54, 1.807) is 6.07 Å². The molecule has 1 aliphatic rings. The summed E-state index contributed by atoms with van der Waals surface area (Å²) in [5.74, 6) is 0.567. The van der Waals surface area contributed by atoms with Gasteiger partial charge in [0.2, 0.25) is 0 Å². The Morgan fingerprint density at radius 2 is 1.94 bits per heavy atom. The van der Waals surface area contributed by atoms with Gasteiger partial charge in [0.05, 0.1) is 17.3 Å². The standard InChI is InChI=1S/C22H26N6O3/c1-24-21(29)16-31-22(30)25-8-9-27-10-12-28(13-11-27)20-7-3-6-19(26-20)18-5-2-4-17(14-18)15-23/h2-7,14H,8-13,16H2,1H3,(H,24,29)(H,25,30). The summed E-state index contributed by atoms with van der Waals surface area (Å²) in [5.41, 5.74) is 2.38. The monoisotopic (exact) mass is 422 g/mol. The maximum atomic E-state index is 11.6. The van der Waals surface area contributed by atoms with E-state index in [1.807, 2.05) is 36.4 Å². The van der Waals surface area contributed by atoms with Crippen molar-refractivity contribution < 1.29 is 14.3 Å². The van der Waals surface area contributed by atoms with Crippen LogP contribution in [0.5, 0.6) is 0 Å². The zero-order valence-corrected chi connectivity index (χ0v) is 17.5. The van der Waals surface area contributed by atoms with Crippen LogP contribution in [0.25, 0.3) is 11.3 Å². The highest BCUT2D eigenvalue weighted by Gasteiger charge is 2.18. The molecule has 2 aromatic rings. The molecule has 1 aromatic carbocycles.